The van der Waals surface area contributed by atoms with Crippen molar-refractivity contribution >= 4 is 17.6 Å². The van der Waals surface area contributed by atoms with E-state index in [9.17, 15) is 9.59 Å². The smallest absolute Gasteiger partial charge is 0.303 e. The van der Waals surface area contributed by atoms with E-state index in [1.165, 1.54) is 6.07 Å². The quantitative estimate of drug-likeness (QED) is 0.165. The number of unbranched alkanes of at least 4 members (excludes halogenated alkanes) is 7. The number of hydrogen-bond donors (Lipinski definition) is 2. The average molecular weight is 401 g/mol. The highest BCUT2D eigenvalue weighted by atomic mass is 16.4. The van der Waals surface area contributed by atoms with Gasteiger partial charge in [0.15, 0.2) is 0 Å². The summed E-state index contributed by atoms with van der Waals surface area (Å²) in [5, 5.41) is 18.4. The maximum absolute atomic E-state index is 12.3. The standard InChI is InChI=1S/C19H27N7O3/c20-25-23-14-15-11-16(13-17(12-15)24-26-21)19(29)22-10-8-6-4-2-1-3-5-7-9-18(27)28/h11-13H,1-10,14H2,(H,22,29)(H,27,28). The Morgan fingerprint density at radius 3 is 2.21 bits per heavy atom. The van der Waals surface area contributed by atoms with Crippen LogP contribution < -0.4 is 5.32 Å². The minimum Gasteiger partial charge on any atom is -0.481 e. The molecule has 10 nitrogen and oxygen atoms in total. The van der Waals surface area contributed by atoms with Gasteiger partial charge in [0.05, 0.1) is 6.54 Å². The maximum atomic E-state index is 12.3. The molecule has 0 saturated carbocycles. The van der Waals surface area contributed by atoms with Crippen molar-refractivity contribution in [1.29, 1.82) is 0 Å². The second-order valence-electron chi connectivity index (χ2n) is 6.69. The van der Waals surface area contributed by atoms with Crippen LogP contribution in [0, 0.1) is 0 Å². The molecule has 0 aromatic heterocycles. The lowest BCUT2D eigenvalue weighted by Gasteiger charge is -2.08. The Morgan fingerprint density at radius 1 is 0.931 bits per heavy atom. The zero-order valence-electron chi connectivity index (χ0n) is 16.5. The zero-order chi connectivity index (χ0) is 21.3. The first-order valence-corrected chi connectivity index (χ1v) is 9.76. The summed E-state index contributed by atoms with van der Waals surface area (Å²) in [5.41, 5.74) is 18.3. The molecular formula is C19H27N7O3. The first-order valence-electron chi connectivity index (χ1n) is 9.76. The molecule has 0 aliphatic carbocycles. The third-order valence-electron chi connectivity index (χ3n) is 4.32. The summed E-state index contributed by atoms with van der Waals surface area (Å²) >= 11 is 0. The van der Waals surface area contributed by atoms with Crippen LogP contribution in [-0.4, -0.2) is 23.5 Å². The van der Waals surface area contributed by atoms with E-state index in [0.29, 0.717) is 23.4 Å². The highest BCUT2D eigenvalue weighted by Crippen LogP contribution is 2.19. The highest BCUT2D eigenvalue weighted by Gasteiger charge is 2.08. The third kappa shape index (κ3) is 11.3. The first-order chi connectivity index (χ1) is 14.1. The molecular weight excluding hydrogens is 374 g/mol. The van der Waals surface area contributed by atoms with Crippen LogP contribution in [0.3, 0.4) is 0 Å². The van der Waals surface area contributed by atoms with E-state index < -0.39 is 5.97 Å². The van der Waals surface area contributed by atoms with Crippen LogP contribution in [-0.2, 0) is 11.3 Å². The van der Waals surface area contributed by atoms with Crippen LogP contribution in [0.25, 0.3) is 20.9 Å². The number of carboxylic acid groups (broad SMARTS) is 1. The lowest BCUT2D eigenvalue weighted by molar-refractivity contribution is -0.137. The van der Waals surface area contributed by atoms with Gasteiger partial charge in [-0.15, -0.1) is 0 Å². The number of carboxylic acids is 1. The topological polar surface area (TPSA) is 164 Å². The van der Waals surface area contributed by atoms with Crippen molar-refractivity contribution in [1.82, 2.24) is 5.32 Å². The van der Waals surface area contributed by atoms with Gasteiger partial charge in [-0.05, 0) is 47.7 Å². The minimum absolute atomic E-state index is 0.0713. The number of nitrogens with one attached hydrogen (secondary N) is 1. The first kappa shape index (κ1) is 23.8. The Bertz CT molecular complexity index is 769. The molecule has 0 unspecified atom stereocenters. The summed E-state index contributed by atoms with van der Waals surface area (Å²) in [5.74, 6) is -0.996. The largest absolute Gasteiger partial charge is 0.481 e. The summed E-state index contributed by atoms with van der Waals surface area (Å²) in [4.78, 5) is 28.1. The fourth-order valence-corrected chi connectivity index (χ4v) is 2.88. The molecule has 0 radical (unpaired) electrons. The second-order valence-corrected chi connectivity index (χ2v) is 6.69. The van der Waals surface area contributed by atoms with E-state index >= 15 is 0 Å². The number of hydrogen-bond acceptors (Lipinski definition) is 4. The number of aliphatic carboxylic acids is 1. The Labute approximate surface area is 169 Å². The van der Waals surface area contributed by atoms with Gasteiger partial charge in [0, 0.05) is 34.0 Å². The normalized spacial score (nSPS) is 9.93. The molecule has 1 aromatic carbocycles. The lowest BCUT2D eigenvalue weighted by atomic mass is 10.1. The molecule has 0 aliphatic rings. The van der Waals surface area contributed by atoms with Crippen LogP contribution in [0.15, 0.2) is 28.4 Å². The number of amides is 1. The maximum Gasteiger partial charge on any atom is 0.303 e. The number of carbonyl (C=O) groups is 2. The van der Waals surface area contributed by atoms with Crippen molar-refractivity contribution in [3.05, 3.63) is 50.2 Å². The van der Waals surface area contributed by atoms with Gasteiger partial charge >= 0.3 is 5.97 Å². The third-order valence-corrected chi connectivity index (χ3v) is 4.32. The number of benzene rings is 1. The van der Waals surface area contributed by atoms with Gasteiger partial charge in [0.25, 0.3) is 5.91 Å². The van der Waals surface area contributed by atoms with Crippen LogP contribution in [0.2, 0.25) is 0 Å². The molecule has 1 amide bonds. The highest BCUT2D eigenvalue weighted by molar-refractivity contribution is 5.95. The van der Waals surface area contributed by atoms with E-state index in [0.717, 1.165) is 51.4 Å². The SMILES string of the molecule is [N-]=[N+]=NCc1cc(N=[N+]=[N-])cc(C(=O)NCCCCCCCCCCC(=O)O)c1. The molecule has 0 spiro atoms. The van der Waals surface area contributed by atoms with Crippen LogP contribution in [0.4, 0.5) is 5.69 Å². The van der Waals surface area contributed by atoms with E-state index in [2.05, 4.69) is 25.4 Å². The fraction of sp³-hybridized carbons (Fsp3) is 0.579. The van der Waals surface area contributed by atoms with Crippen molar-refractivity contribution in [2.45, 2.75) is 64.3 Å². The van der Waals surface area contributed by atoms with E-state index in [1.54, 1.807) is 12.1 Å². The van der Waals surface area contributed by atoms with Gasteiger partial charge < -0.3 is 10.4 Å². The van der Waals surface area contributed by atoms with E-state index in [1.807, 2.05) is 0 Å². The molecule has 0 atom stereocenters. The van der Waals surface area contributed by atoms with E-state index in [-0.39, 0.29) is 18.9 Å². The Balaban J connectivity index is 2.28. The molecule has 0 heterocycles. The molecule has 156 valence electrons. The van der Waals surface area contributed by atoms with Gasteiger partial charge in [-0.2, -0.15) is 0 Å². The number of azide groups is 2. The summed E-state index contributed by atoms with van der Waals surface area (Å²) in [7, 11) is 0. The summed E-state index contributed by atoms with van der Waals surface area (Å²) in [6.45, 7) is 0.622. The van der Waals surface area contributed by atoms with Gasteiger partial charge in [-0.3, -0.25) is 9.59 Å². The lowest BCUT2D eigenvalue weighted by Crippen LogP contribution is -2.24. The predicted molar refractivity (Wildman–Crippen MR) is 110 cm³/mol. The monoisotopic (exact) mass is 401 g/mol. The molecule has 0 bridgehead atoms. The van der Waals surface area contributed by atoms with Crippen molar-refractivity contribution < 1.29 is 14.7 Å². The minimum atomic E-state index is -0.733. The fourth-order valence-electron chi connectivity index (χ4n) is 2.88. The van der Waals surface area contributed by atoms with Crippen molar-refractivity contribution in [3.8, 4) is 0 Å². The average Bonchev–Trinajstić information content (AvgIpc) is 2.70. The van der Waals surface area contributed by atoms with Gasteiger partial charge in [0.1, 0.15) is 0 Å². The van der Waals surface area contributed by atoms with Crippen molar-refractivity contribution in [2.24, 2.45) is 10.2 Å². The van der Waals surface area contributed by atoms with Crippen LogP contribution in [0.5, 0.6) is 0 Å². The number of nitrogens with zero attached hydrogens (tertiary/aromatic N) is 6. The molecule has 1 aromatic rings. The second kappa shape index (κ2) is 14.8. The van der Waals surface area contributed by atoms with Crippen LogP contribution in [0.1, 0.15) is 73.7 Å². The number of carbonyl (C=O) groups excluding carboxylic acids is 1. The summed E-state index contributed by atoms with van der Waals surface area (Å²) < 4.78 is 0. The Hall–Kier alpha value is -3.22. The van der Waals surface area contributed by atoms with Crippen molar-refractivity contribution in [2.75, 3.05) is 6.54 Å². The van der Waals surface area contributed by atoms with Gasteiger partial charge in [-0.25, -0.2) is 0 Å². The van der Waals surface area contributed by atoms with Crippen LogP contribution >= 0.6 is 0 Å². The van der Waals surface area contributed by atoms with E-state index in [4.69, 9.17) is 16.2 Å². The molecule has 0 fully saturated rings. The Morgan fingerprint density at radius 2 is 1.59 bits per heavy atom. The summed E-state index contributed by atoms with van der Waals surface area (Å²) in [6, 6.07) is 4.69. The molecule has 0 aliphatic heterocycles. The predicted octanol–water partition coefficient (Wildman–Crippen LogP) is 5.76. The summed E-state index contributed by atoms with van der Waals surface area (Å²) in [6.07, 6.45) is 8.18. The van der Waals surface area contributed by atoms with Crippen molar-refractivity contribution in [3.63, 3.8) is 0 Å². The Kier molecular flexibility index (Phi) is 12.1. The molecule has 1 rings (SSSR count). The molecule has 0 saturated heterocycles. The molecule has 10 heteroatoms. The zero-order valence-corrected chi connectivity index (χ0v) is 16.5. The van der Waals surface area contributed by atoms with Gasteiger partial charge in [-0.1, -0.05) is 48.8 Å². The molecule has 2 N–H and O–H groups in total. The number of rotatable bonds is 15. The molecule has 29 heavy (non-hydrogen) atoms. The van der Waals surface area contributed by atoms with Gasteiger partial charge in [0.2, 0.25) is 0 Å².